The number of alkyl halides is 1. The molecule has 1 aromatic rings. The Morgan fingerprint density at radius 1 is 1.27 bits per heavy atom. The first-order chi connectivity index (χ1) is 6.97. The molecule has 0 radical (unpaired) electrons. The molecule has 0 aliphatic rings. The van der Waals surface area contributed by atoms with E-state index in [2.05, 4.69) is 4.98 Å². The molecule has 15 heavy (non-hydrogen) atoms. The number of ether oxygens (including phenoxy) is 1. The number of aryl methyl sites for hydroxylation is 2. The number of hydrogen-bond acceptors (Lipinski definition) is 3. The second-order valence-electron chi connectivity index (χ2n) is 2.85. The van der Waals surface area contributed by atoms with Gasteiger partial charge in [-0.2, -0.15) is 0 Å². The summed E-state index contributed by atoms with van der Waals surface area (Å²) in [6.07, 6.45) is 0. The monoisotopic (exact) mass is 267 g/mol. The molecule has 6 heteroatoms. The highest BCUT2D eigenvalue weighted by Crippen LogP contribution is 2.36. The van der Waals surface area contributed by atoms with Crippen LogP contribution in [0.5, 0.6) is 5.75 Å². The van der Waals surface area contributed by atoms with Gasteiger partial charge in [-0.3, -0.25) is 9.78 Å². The topological polar surface area (TPSA) is 39.2 Å². The molecule has 0 saturated heterocycles. The molecular weight excluding hydrogens is 260 g/mol. The highest BCUT2D eigenvalue weighted by atomic mass is 35.5. The first-order valence-electron chi connectivity index (χ1n) is 4.06. The molecule has 0 spiro atoms. The number of halogens is 3. The summed E-state index contributed by atoms with van der Waals surface area (Å²) in [5, 5.41) is 0.452. The van der Waals surface area contributed by atoms with Crippen LogP contribution in [0, 0.1) is 13.8 Å². The van der Waals surface area contributed by atoms with Gasteiger partial charge in [0.2, 0.25) is 0 Å². The number of esters is 1. The molecule has 0 aromatic carbocycles. The van der Waals surface area contributed by atoms with Crippen LogP contribution >= 0.6 is 34.8 Å². The van der Waals surface area contributed by atoms with Crippen LogP contribution in [0.25, 0.3) is 0 Å². The maximum absolute atomic E-state index is 11.0. The second-order valence-corrected chi connectivity index (χ2v) is 3.87. The van der Waals surface area contributed by atoms with Gasteiger partial charge >= 0.3 is 5.97 Å². The quantitative estimate of drug-likeness (QED) is 0.611. The van der Waals surface area contributed by atoms with Gasteiger partial charge in [0.25, 0.3) is 0 Å². The molecule has 1 heterocycles. The van der Waals surface area contributed by atoms with E-state index in [1.54, 1.807) is 13.8 Å². The van der Waals surface area contributed by atoms with Crippen molar-refractivity contribution in [2.75, 3.05) is 5.88 Å². The van der Waals surface area contributed by atoms with Gasteiger partial charge in [-0.15, -0.1) is 11.6 Å². The van der Waals surface area contributed by atoms with Crippen molar-refractivity contribution in [3.63, 3.8) is 0 Å². The average molecular weight is 269 g/mol. The van der Waals surface area contributed by atoms with Crippen molar-refractivity contribution in [3.8, 4) is 5.75 Å². The van der Waals surface area contributed by atoms with Crippen molar-refractivity contribution in [2.24, 2.45) is 0 Å². The lowest BCUT2D eigenvalue weighted by Gasteiger charge is -2.10. The van der Waals surface area contributed by atoms with Gasteiger partial charge in [-0.05, 0) is 13.8 Å². The fourth-order valence-electron chi connectivity index (χ4n) is 1.01. The summed E-state index contributed by atoms with van der Waals surface area (Å²) in [6, 6.07) is 0. The number of carbonyl (C=O) groups excluding carboxylic acids is 1. The van der Waals surface area contributed by atoms with Crippen LogP contribution in [0.15, 0.2) is 0 Å². The van der Waals surface area contributed by atoms with Crippen LogP contribution < -0.4 is 4.74 Å². The van der Waals surface area contributed by atoms with E-state index >= 15 is 0 Å². The molecule has 0 N–H and O–H groups in total. The minimum Gasteiger partial charge on any atom is -0.422 e. The number of rotatable bonds is 2. The minimum atomic E-state index is -0.606. The van der Waals surface area contributed by atoms with Crippen LogP contribution in [-0.4, -0.2) is 16.8 Å². The average Bonchev–Trinajstić information content (AvgIpc) is 2.21. The Bertz CT molecular complexity index is 381. The zero-order valence-corrected chi connectivity index (χ0v) is 10.4. The first-order valence-corrected chi connectivity index (χ1v) is 5.35. The molecule has 82 valence electrons. The summed E-state index contributed by atoms with van der Waals surface area (Å²) >= 11 is 17.1. The van der Waals surface area contributed by atoms with Gasteiger partial charge in [0.15, 0.2) is 5.75 Å². The van der Waals surface area contributed by atoms with Gasteiger partial charge in [0.1, 0.15) is 15.9 Å². The van der Waals surface area contributed by atoms with Gasteiger partial charge < -0.3 is 4.74 Å². The van der Waals surface area contributed by atoms with Gasteiger partial charge in [0.05, 0.1) is 11.4 Å². The third kappa shape index (κ3) is 2.74. The molecule has 3 nitrogen and oxygen atoms in total. The number of aromatic nitrogens is 1. The Labute approximate surface area is 102 Å². The second kappa shape index (κ2) is 5.01. The van der Waals surface area contributed by atoms with E-state index in [4.69, 9.17) is 39.5 Å². The predicted molar refractivity (Wildman–Crippen MR) is 60.1 cm³/mol. The van der Waals surface area contributed by atoms with Crippen LogP contribution in [0.3, 0.4) is 0 Å². The Hall–Kier alpha value is -0.510. The Balaban J connectivity index is 3.21. The number of nitrogens with zero attached hydrogens (tertiary/aromatic N) is 1. The Kier molecular flexibility index (Phi) is 4.20. The van der Waals surface area contributed by atoms with Crippen molar-refractivity contribution >= 4 is 40.8 Å². The molecular formula is C9H8Cl3NO2. The molecule has 0 aliphatic carbocycles. The van der Waals surface area contributed by atoms with E-state index in [0.29, 0.717) is 11.4 Å². The SMILES string of the molecule is Cc1nc(C)c(Cl)c(OC(=O)CCl)c1Cl. The zero-order valence-electron chi connectivity index (χ0n) is 8.10. The molecule has 0 atom stereocenters. The van der Waals surface area contributed by atoms with Crippen LogP contribution in [-0.2, 0) is 4.79 Å². The maximum Gasteiger partial charge on any atom is 0.326 e. The molecule has 1 rings (SSSR count). The molecule has 1 aromatic heterocycles. The van der Waals surface area contributed by atoms with Gasteiger partial charge in [0, 0.05) is 0 Å². The summed E-state index contributed by atoms with van der Waals surface area (Å²) < 4.78 is 4.91. The molecule has 0 amide bonds. The van der Waals surface area contributed by atoms with E-state index in [1.807, 2.05) is 0 Å². The van der Waals surface area contributed by atoms with Gasteiger partial charge in [-0.1, -0.05) is 23.2 Å². The molecule has 0 fully saturated rings. The molecule has 0 saturated carbocycles. The lowest BCUT2D eigenvalue weighted by atomic mass is 10.3. The highest BCUT2D eigenvalue weighted by molar-refractivity contribution is 6.38. The zero-order chi connectivity index (χ0) is 11.6. The number of carbonyl (C=O) groups is 1. The highest BCUT2D eigenvalue weighted by Gasteiger charge is 2.17. The lowest BCUT2D eigenvalue weighted by molar-refractivity contribution is -0.131. The fourth-order valence-corrected chi connectivity index (χ4v) is 1.46. The van der Waals surface area contributed by atoms with E-state index < -0.39 is 5.97 Å². The van der Waals surface area contributed by atoms with Crippen molar-refractivity contribution in [1.29, 1.82) is 0 Å². The third-order valence-corrected chi connectivity index (χ3v) is 2.80. The van der Waals surface area contributed by atoms with Crippen molar-refractivity contribution in [2.45, 2.75) is 13.8 Å². The minimum absolute atomic E-state index is 0.119. The number of pyridine rings is 1. The van der Waals surface area contributed by atoms with E-state index in [-0.39, 0.29) is 21.7 Å². The third-order valence-electron chi connectivity index (χ3n) is 1.69. The summed E-state index contributed by atoms with van der Waals surface area (Å²) in [4.78, 5) is 15.1. The van der Waals surface area contributed by atoms with Gasteiger partial charge in [-0.25, -0.2) is 0 Å². The predicted octanol–water partition coefficient (Wildman–Crippen LogP) is 3.15. The van der Waals surface area contributed by atoms with E-state index in [9.17, 15) is 4.79 Å². The first kappa shape index (κ1) is 12.6. The molecule has 0 unspecified atom stereocenters. The molecule has 0 bridgehead atoms. The fraction of sp³-hybridized carbons (Fsp3) is 0.333. The van der Waals surface area contributed by atoms with E-state index in [0.717, 1.165) is 0 Å². The van der Waals surface area contributed by atoms with Crippen molar-refractivity contribution in [1.82, 2.24) is 4.98 Å². The maximum atomic E-state index is 11.0. The summed E-state index contributed by atoms with van der Waals surface area (Å²) in [7, 11) is 0. The van der Waals surface area contributed by atoms with Crippen LogP contribution in [0.2, 0.25) is 10.0 Å². The smallest absolute Gasteiger partial charge is 0.326 e. The van der Waals surface area contributed by atoms with Crippen molar-refractivity contribution < 1.29 is 9.53 Å². The lowest BCUT2D eigenvalue weighted by Crippen LogP contribution is -2.10. The Morgan fingerprint density at radius 2 is 1.73 bits per heavy atom. The summed E-state index contributed by atoms with van der Waals surface area (Å²) in [5.41, 5.74) is 1.10. The number of hydrogen-bond donors (Lipinski definition) is 0. The normalized spacial score (nSPS) is 10.2. The summed E-state index contributed by atoms with van der Waals surface area (Å²) in [6.45, 7) is 3.40. The largest absolute Gasteiger partial charge is 0.422 e. The summed E-state index contributed by atoms with van der Waals surface area (Å²) in [5.74, 6) is -0.743. The van der Waals surface area contributed by atoms with Crippen LogP contribution in [0.4, 0.5) is 0 Å². The standard InChI is InChI=1S/C9H8Cl3NO2/c1-4-7(11)9(15-6(14)3-10)8(12)5(2)13-4/h3H2,1-2H3. The molecule has 0 aliphatic heterocycles. The van der Waals surface area contributed by atoms with Crippen LogP contribution in [0.1, 0.15) is 11.4 Å². The van der Waals surface area contributed by atoms with E-state index in [1.165, 1.54) is 0 Å². The Morgan fingerprint density at radius 3 is 2.13 bits per heavy atom. The van der Waals surface area contributed by atoms with Crippen molar-refractivity contribution in [3.05, 3.63) is 21.4 Å².